The number of anilines is 3. The zero-order valence-corrected chi connectivity index (χ0v) is 12.4. The number of aliphatic hydroxyl groups is 1. The third kappa shape index (κ3) is 2.41. The van der Waals surface area contributed by atoms with E-state index in [1.165, 1.54) is 0 Å². The molecule has 2 aromatic carbocycles. The van der Waals surface area contributed by atoms with Crippen LogP contribution in [0.3, 0.4) is 0 Å². The Morgan fingerprint density at radius 2 is 1.91 bits per heavy atom. The van der Waals surface area contributed by atoms with Crippen LogP contribution < -0.4 is 21.5 Å². The lowest BCUT2D eigenvalue weighted by molar-refractivity contribution is 0.164. The Kier molecular flexibility index (Phi) is 3.20. The Morgan fingerprint density at radius 3 is 2.70 bits per heavy atom. The number of hydrogen-bond donors (Lipinski definition) is 4. The minimum atomic E-state index is -0.532. The van der Waals surface area contributed by atoms with Gasteiger partial charge in [0.05, 0.1) is 11.8 Å². The van der Waals surface area contributed by atoms with Crippen LogP contribution in [-0.4, -0.2) is 22.7 Å². The van der Waals surface area contributed by atoms with E-state index in [0.29, 0.717) is 5.92 Å². The Morgan fingerprint density at radius 1 is 1.17 bits per heavy atom. The van der Waals surface area contributed by atoms with Crippen LogP contribution in [0, 0.1) is 5.92 Å². The molecule has 1 aromatic heterocycles. The molecule has 1 fully saturated rings. The van der Waals surface area contributed by atoms with Crippen LogP contribution in [0.4, 0.5) is 17.1 Å². The van der Waals surface area contributed by atoms with Crippen molar-refractivity contribution in [2.24, 2.45) is 5.92 Å². The molecule has 4 N–H and O–H groups in total. The minimum Gasteiger partial charge on any atom is -0.391 e. The van der Waals surface area contributed by atoms with Crippen molar-refractivity contribution in [1.29, 1.82) is 0 Å². The predicted octanol–water partition coefficient (Wildman–Crippen LogP) is 1.69. The van der Waals surface area contributed by atoms with Crippen LogP contribution in [0.2, 0.25) is 0 Å². The third-order valence-corrected chi connectivity index (χ3v) is 4.41. The Bertz CT molecular complexity index is 932. The average Bonchev–Trinajstić information content (AvgIpc) is 3.35. The Hall–Kier alpha value is -2.60. The Labute approximate surface area is 131 Å². The van der Waals surface area contributed by atoms with Gasteiger partial charge in [-0.2, -0.15) is 0 Å². The van der Waals surface area contributed by atoms with Gasteiger partial charge >= 0.3 is 0 Å². The van der Waals surface area contributed by atoms with E-state index >= 15 is 0 Å². The molecule has 0 bridgehead atoms. The second kappa shape index (κ2) is 5.24. The molecule has 1 aliphatic rings. The molecule has 0 spiro atoms. The molecule has 118 valence electrons. The van der Waals surface area contributed by atoms with E-state index in [1.807, 2.05) is 24.3 Å². The molecule has 0 amide bonds. The lowest BCUT2D eigenvalue weighted by Crippen LogP contribution is -2.38. The first-order valence-electron chi connectivity index (χ1n) is 7.73. The number of para-hydroxylation sites is 1. The summed E-state index contributed by atoms with van der Waals surface area (Å²) >= 11 is 0. The predicted molar refractivity (Wildman–Crippen MR) is 90.2 cm³/mol. The highest BCUT2D eigenvalue weighted by atomic mass is 16.3. The summed E-state index contributed by atoms with van der Waals surface area (Å²) in [6.45, 7) is 0.290. The summed E-state index contributed by atoms with van der Waals surface area (Å²) in [5.41, 5.74) is 1.17. The van der Waals surface area contributed by atoms with Crippen LogP contribution in [0.25, 0.3) is 10.9 Å². The van der Waals surface area contributed by atoms with E-state index < -0.39 is 17.0 Å². The maximum Gasteiger partial charge on any atom is 0.253 e. The summed E-state index contributed by atoms with van der Waals surface area (Å²) < 4.78 is 0. The van der Waals surface area contributed by atoms with Crippen LogP contribution in [-0.2, 0) is 0 Å². The molecule has 1 atom stereocenters. The highest BCUT2D eigenvalue weighted by molar-refractivity contribution is 5.95. The molecule has 4 rings (SSSR count). The lowest BCUT2D eigenvalue weighted by Gasteiger charge is -2.16. The molecule has 6 nitrogen and oxygen atoms in total. The molecule has 1 saturated carbocycles. The van der Waals surface area contributed by atoms with E-state index in [9.17, 15) is 14.7 Å². The summed E-state index contributed by atoms with van der Waals surface area (Å²) in [5, 5.41) is 16.8. The molecule has 0 unspecified atom stereocenters. The van der Waals surface area contributed by atoms with Gasteiger partial charge in [-0.05, 0) is 24.8 Å². The maximum absolute atomic E-state index is 11.8. The summed E-state index contributed by atoms with van der Waals surface area (Å²) in [7, 11) is 0. The first kappa shape index (κ1) is 14.0. The molecule has 0 aliphatic heterocycles. The van der Waals surface area contributed by atoms with Gasteiger partial charge in [0.2, 0.25) is 0 Å². The van der Waals surface area contributed by atoms with Crippen LogP contribution in [0.1, 0.15) is 12.8 Å². The van der Waals surface area contributed by atoms with Crippen molar-refractivity contribution in [2.75, 3.05) is 17.2 Å². The molecule has 0 saturated heterocycles. The standard InChI is InChI=1S/C17H17N3O3/c21-13(9-5-6-9)8-19-14-15(17(23)16(14)22)20-12-7-18-11-4-2-1-3-10(11)12/h1-4,7,9,13,18-21H,5-6,8H2/t13-/m1/s1. The molecule has 1 aliphatic carbocycles. The monoisotopic (exact) mass is 311 g/mol. The van der Waals surface area contributed by atoms with Gasteiger partial charge in [-0.3, -0.25) is 9.59 Å². The topological polar surface area (TPSA) is 94.2 Å². The second-order valence-electron chi connectivity index (χ2n) is 6.07. The lowest BCUT2D eigenvalue weighted by atomic mass is 10.1. The smallest absolute Gasteiger partial charge is 0.253 e. The van der Waals surface area contributed by atoms with Gasteiger partial charge in [-0.1, -0.05) is 18.2 Å². The normalized spacial score (nSPS) is 15.9. The van der Waals surface area contributed by atoms with Crippen LogP contribution in [0.15, 0.2) is 40.1 Å². The molecule has 3 aromatic rings. The van der Waals surface area contributed by atoms with E-state index in [4.69, 9.17) is 0 Å². The summed E-state index contributed by atoms with van der Waals surface area (Å²) in [4.78, 5) is 26.7. The summed E-state index contributed by atoms with van der Waals surface area (Å²) in [6, 6.07) is 7.71. The number of aromatic nitrogens is 1. The molecular weight excluding hydrogens is 294 g/mol. The van der Waals surface area contributed by atoms with E-state index in [-0.39, 0.29) is 17.9 Å². The summed E-state index contributed by atoms with van der Waals surface area (Å²) in [5.74, 6) is 0.319. The van der Waals surface area contributed by atoms with Gasteiger partial charge in [0, 0.05) is 23.6 Å². The van der Waals surface area contributed by atoms with E-state index in [0.717, 1.165) is 29.4 Å². The van der Waals surface area contributed by atoms with Crippen LogP contribution in [0.5, 0.6) is 0 Å². The number of aliphatic hydroxyl groups excluding tert-OH is 1. The Balaban J connectivity index is 1.56. The first-order chi connectivity index (χ1) is 11.1. The minimum absolute atomic E-state index is 0.264. The number of aromatic amines is 1. The largest absolute Gasteiger partial charge is 0.391 e. The molecule has 1 heterocycles. The van der Waals surface area contributed by atoms with Crippen molar-refractivity contribution in [2.45, 2.75) is 18.9 Å². The zero-order valence-electron chi connectivity index (χ0n) is 12.4. The van der Waals surface area contributed by atoms with E-state index in [1.54, 1.807) is 6.20 Å². The SMILES string of the molecule is O=c1c(NC[C@@H](O)C2CC2)c(Nc2c[nH]c3ccccc23)c1=O. The number of H-pyrrole nitrogens is 1. The number of benzene rings is 1. The number of nitrogens with one attached hydrogen (secondary N) is 3. The molecule has 23 heavy (non-hydrogen) atoms. The van der Waals surface area contributed by atoms with E-state index in [2.05, 4.69) is 15.6 Å². The molecule has 6 heteroatoms. The van der Waals surface area contributed by atoms with Gasteiger partial charge in [0.25, 0.3) is 10.9 Å². The number of hydrogen-bond acceptors (Lipinski definition) is 5. The van der Waals surface area contributed by atoms with Gasteiger partial charge in [-0.15, -0.1) is 0 Å². The molecular formula is C17H17N3O3. The maximum atomic E-state index is 11.8. The first-order valence-corrected chi connectivity index (χ1v) is 7.73. The second-order valence-corrected chi connectivity index (χ2v) is 6.07. The fraction of sp³-hybridized carbons (Fsp3) is 0.294. The molecule has 0 radical (unpaired) electrons. The number of rotatable bonds is 6. The van der Waals surface area contributed by atoms with Gasteiger partial charge in [-0.25, -0.2) is 0 Å². The van der Waals surface area contributed by atoms with Crippen molar-refractivity contribution < 1.29 is 5.11 Å². The van der Waals surface area contributed by atoms with Crippen molar-refractivity contribution in [1.82, 2.24) is 4.98 Å². The van der Waals surface area contributed by atoms with Gasteiger partial charge in [0.15, 0.2) is 0 Å². The fourth-order valence-electron chi connectivity index (χ4n) is 2.84. The van der Waals surface area contributed by atoms with Crippen LogP contribution >= 0.6 is 0 Å². The fourth-order valence-corrected chi connectivity index (χ4v) is 2.84. The van der Waals surface area contributed by atoms with Gasteiger partial charge in [0.1, 0.15) is 11.4 Å². The zero-order chi connectivity index (χ0) is 16.0. The van der Waals surface area contributed by atoms with Crippen molar-refractivity contribution in [3.8, 4) is 0 Å². The van der Waals surface area contributed by atoms with Gasteiger partial charge < -0.3 is 20.7 Å². The van der Waals surface area contributed by atoms with Crippen molar-refractivity contribution >= 4 is 28.0 Å². The third-order valence-electron chi connectivity index (χ3n) is 4.41. The summed E-state index contributed by atoms with van der Waals surface area (Å²) in [6.07, 6.45) is 3.34. The highest BCUT2D eigenvalue weighted by Gasteiger charge is 2.30. The highest BCUT2D eigenvalue weighted by Crippen LogP contribution is 2.33. The average molecular weight is 311 g/mol. The van der Waals surface area contributed by atoms with Crippen molar-refractivity contribution in [3.63, 3.8) is 0 Å². The number of fused-ring (bicyclic) bond motifs is 1. The van der Waals surface area contributed by atoms with Crippen molar-refractivity contribution in [3.05, 3.63) is 50.9 Å². The quantitative estimate of drug-likeness (QED) is 0.520.